The summed E-state index contributed by atoms with van der Waals surface area (Å²) in [6.07, 6.45) is 3.13. The van der Waals surface area contributed by atoms with Crippen LogP contribution in [0.4, 0.5) is 0 Å². The van der Waals surface area contributed by atoms with Crippen LogP contribution in [0.2, 0.25) is 0 Å². The van der Waals surface area contributed by atoms with Crippen LogP contribution in [0.25, 0.3) is 10.7 Å². The predicted octanol–water partition coefficient (Wildman–Crippen LogP) is 2.93. The molecule has 2 saturated heterocycles. The van der Waals surface area contributed by atoms with Gasteiger partial charge in [-0.1, -0.05) is 19.0 Å². The maximum absolute atomic E-state index is 13.3. The lowest BCUT2D eigenvalue weighted by molar-refractivity contribution is -0.126. The standard InChI is InChI=1S/C21H30N4O5S2/c1-13(2)21-23-19(24-30-21)17-11-18(14(3)31-17)32(27,28)25-8-6-15(7-9-25)20(26)22-12-16-5-4-10-29-16/h11,13,15-16H,4-10,12H2,1-3H3,(H,22,26)/t16-/m0/s1. The number of ether oxygens (including phenoxy) is 1. The Morgan fingerprint density at radius 3 is 2.69 bits per heavy atom. The number of hydrogen-bond acceptors (Lipinski definition) is 8. The van der Waals surface area contributed by atoms with E-state index in [1.807, 2.05) is 13.8 Å². The Morgan fingerprint density at radius 1 is 1.31 bits per heavy atom. The van der Waals surface area contributed by atoms with E-state index in [9.17, 15) is 13.2 Å². The van der Waals surface area contributed by atoms with Crippen molar-refractivity contribution in [1.29, 1.82) is 0 Å². The fraction of sp³-hybridized carbons (Fsp3) is 0.667. The molecule has 176 valence electrons. The molecule has 0 aliphatic carbocycles. The van der Waals surface area contributed by atoms with E-state index in [0.29, 0.717) is 53.9 Å². The molecule has 0 bridgehead atoms. The van der Waals surface area contributed by atoms with E-state index in [-0.39, 0.29) is 28.7 Å². The van der Waals surface area contributed by atoms with Gasteiger partial charge < -0.3 is 14.6 Å². The van der Waals surface area contributed by atoms with Crippen molar-refractivity contribution in [1.82, 2.24) is 19.8 Å². The number of nitrogens with zero attached hydrogens (tertiary/aromatic N) is 3. The van der Waals surface area contributed by atoms with E-state index >= 15 is 0 Å². The van der Waals surface area contributed by atoms with Gasteiger partial charge in [0, 0.05) is 43.0 Å². The first-order chi connectivity index (χ1) is 15.3. The number of aromatic nitrogens is 2. The lowest BCUT2D eigenvalue weighted by Gasteiger charge is -2.30. The number of hydrogen-bond donors (Lipinski definition) is 1. The summed E-state index contributed by atoms with van der Waals surface area (Å²) in [5.74, 6) is 0.852. The second-order valence-corrected chi connectivity index (χ2v) is 11.9. The molecule has 1 N–H and O–H groups in total. The second kappa shape index (κ2) is 9.58. The van der Waals surface area contributed by atoms with Gasteiger partial charge in [0.25, 0.3) is 0 Å². The summed E-state index contributed by atoms with van der Waals surface area (Å²) in [4.78, 5) is 18.5. The molecule has 4 rings (SSSR count). The SMILES string of the molecule is Cc1sc(-c2noc(C(C)C)n2)cc1S(=O)(=O)N1CCC(C(=O)NC[C@@H]2CCCO2)CC1. The lowest BCUT2D eigenvalue weighted by Crippen LogP contribution is -2.44. The summed E-state index contributed by atoms with van der Waals surface area (Å²) in [7, 11) is -3.66. The Kier molecular flexibility index (Phi) is 6.99. The Balaban J connectivity index is 1.39. The number of sulfonamides is 1. The van der Waals surface area contributed by atoms with Gasteiger partial charge in [-0.2, -0.15) is 9.29 Å². The highest BCUT2D eigenvalue weighted by Crippen LogP contribution is 2.35. The third kappa shape index (κ3) is 4.90. The van der Waals surface area contributed by atoms with E-state index in [1.165, 1.54) is 15.6 Å². The fourth-order valence-corrected chi connectivity index (χ4v) is 7.02. The molecule has 11 heteroatoms. The minimum atomic E-state index is -3.66. The molecule has 0 unspecified atom stereocenters. The van der Waals surface area contributed by atoms with Crippen LogP contribution in [0.3, 0.4) is 0 Å². The van der Waals surface area contributed by atoms with Crippen LogP contribution < -0.4 is 5.32 Å². The molecular formula is C21H30N4O5S2. The first kappa shape index (κ1) is 23.3. The monoisotopic (exact) mass is 482 g/mol. The van der Waals surface area contributed by atoms with Gasteiger partial charge in [0.05, 0.1) is 15.9 Å². The summed E-state index contributed by atoms with van der Waals surface area (Å²) in [6, 6.07) is 1.63. The van der Waals surface area contributed by atoms with Crippen molar-refractivity contribution in [2.24, 2.45) is 5.92 Å². The largest absolute Gasteiger partial charge is 0.376 e. The van der Waals surface area contributed by atoms with Gasteiger partial charge in [0.1, 0.15) is 0 Å². The summed E-state index contributed by atoms with van der Waals surface area (Å²) in [5.41, 5.74) is 0. The van der Waals surface area contributed by atoms with E-state index in [0.717, 1.165) is 19.4 Å². The Morgan fingerprint density at radius 2 is 2.06 bits per heavy atom. The van der Waals surface area contributed by atoms with Crippen LogP contribution in [-0.2, 0) is 19.6 Å². The maximum Gasteiger partial charge on any atom is 0.244 e. The van der Waals surface area contributed by atoms with Crippen molar-refractivity contribution in [3.8, 4) is 10.7 Å². The average Bonchev–Trinajstić information content (AvgIpc) is 3.52. The number of amides is 1. The molecule has 2 aromatic heterocycles. The number of aryl methyl sites for hydroxylation is 1. The van der Waals surface area contributed by atoms with Crippen molar-refractivity contribution in [3.63, 3.8) is 0 Å². The van der Waals surface area contributed by atoms with Crippen LogP contribution in [0, 0.1) is 12.8 Å². The lowest BCUT2D eigenvalue weighted by atomic mass is 9.97. The van der Waals surface area contributed by atoms with Crippen molar-refractivity contribution in [2.45, 2.75) is 63.4 Å². The first-order valence-electron chi connectivity index (χ1n) is 11.1. The van der Waals surface area contributed by atoms with Crippen LogP contribution in [0.1, 0.15) is 56.2 Å². The third-order valence-corrected chi connectivity index (χ3v) is 9.20. The smallest absolute Gasteiger partial charge is 0.244 e. The predicted molar refractivity (Wildman–Crippen MR) is 120 cm³/mol. The van der Waals surface area contributed by atoms with Crippen molar-refractivity contribution < 1.29 is 22.5 Å². The summed E-state index contributed by atoms with van der Waals surface area (Å²) < 4.78 is 38.9. The third-order valence-electron chi connectivity index (χ3n) is 6.00. The first-order valence-corrected chi connectivity index (χ1v) is 13.3. The van der Waals surface area contributed by atoms with Crippen molar-refractivity contribution in [2.75, 3.05) is 26.2 Å². The zero-order valence-electron chi connectivity index (χ0n) is 18.7. The molecule has 32 heavy (non-hydrogen) atoms. The summed E-state index contributed by atoms with van der Waals surface area (Å²) >= 11 is 1.34. The number of rotatable bonds is 7. The molecule has 2 fully saturated rings. The highest BCUT2D eigenvalue weighted by atomic mass is 32.2. The van der Waals surface area contributed by atoms with Gasteiger partial charge >= 0.3 is 0 Å². The number of piperidine rings is 1. The minimum absolute atomic E-state index is 0.00962. The molecule has 2 aliphatic heterocycles. The van der Waals surface area contributed by atoms with Crippen LogP contribution in [0.15, 0.2) is 15.5 Å². The Labute approximate surface area is 192 Å². The molecule has 9 nitrogen and oxygen atoms in total. The zero-order chi connectivity index (χ0) is 22.9. The van der Waals surface area contributed by atoms with Crippen LogP contribution in [0.5, 0.6) is 0 Å². The molecule has 2 aromatic rings. The Hall–Kier alpha value is -1.82. The highest BCUT2D eigenvalue weighted by molar-refractivity contribution is 7.89. The Bertz CT molecular complexity index is 1050. The van der Waals surface area contributed by atoms with E-state index in [2.05, 4.69) is 15.5 Å². The van der Waals surface area contributed by atoms with Gasteiger partial charge in [-0.05, 0) is 38.7 Å². The normalized spacial score (nSPS) is 20.8. The van der Waals surface area contributed by atoms with Gasteiger partial charge in [-0.15, -0.1) is 11.3 Å². The average molecular weight is 483 g/mol. The van der Waals surface area contributed by atoms with Crippen molar-refractivity contribution in [3.05, 3.63) is 16.8 Å². The fourth-order valence-electron chi connectivity index (χ4n) is 4.06. The summed E-state index contributed by atoms with van der Waals surface area (Å²) in [6.45, 7) is 7.64. The molecular weight excluding hydrogens is 452 g/mol. The van der Waals surface area contributed by atoms with Gasteiger partial charge in [0.2, 0.25) is 27.6 Å². The van der Waals surface area contributed by atoms with E-state index < -0.39 is 10.0 Å². The maximum atomic E-state index is 13.3. The van der Waals surface area contributed by atoms with E-state index in [4.69, 9.17) is 9.26 Å². The molecule has 0 saturated carbocycles. The van der Waals surface area contributed by atoms with Gasteiger partial charge in [-0.25, -0.2) is 8.42 Å². The van der Waals surface area contributed by atoms with Crippen molar-refractivity contribution >= 4 is 27.3 Å². The molecule has 0 spiro atoms. The zero-order valence-corrected chi connectivity index (χ0v) is 20.3. The molecule has 4 heterocycles. The number of carbonyl (C=O) groups is 1. The number of thiophene rings is 1. The number of nitrogens with one attached hydrogen (secondary N) is 1. The van der Waals surface area contributed by atoms with Gasteiger partial charge in [0.15, 0.2) is 0 Å². The second-order valence-electron chi connectivity index (χ2n) is 8.70. The quantitative estimate of drug-likeness (QED) is 0.645. The van der Waals surface area contributed by atoms with Crippen LogP contribution >= 0.6 is 11.3 Å². The molecule has 0 aromatic carbocycles. The highest BCUT2D eigenvalue weighted by Gasteiger charge is 2.34. The van der Waals surface area contributed by atoms with Gasteiger partial charge in [-0.3, -0.25) is 4.79 Å². The topological polar surface area (TPSA) is 115 Å². The molecule has 0 radical (unpaired) electrons. The van der Waals surface area contributed by atoms with Crippen LogP contribution in [-0.4, -0.2) is 61.1 Å². The minimum Gasteiger partial charge on any atom is -0.376 e. The molecule has 1 atom stereocenters. The number of carbonyl (C=O) groups excluding carboxylic acids is 1. The molecule has 2 aliphatic rings. The van der Waals surface area contributed by atoms with E-state index in [1.54, 1.807) is 13.0 Å². The molecule has 1 amide bonds. The summed E-state index contributed by atoms with van der Waals surface area (Å²) in [5, 5.41) is 6.96.